The van der Waals surface area contributed by atoms with Crippen molar-refractivity contribution in [3.8, 4) is 12.1 Å². The molecule has 84 valence electrons. The van der Waals surface area contributed by atoms with Crippen molar-refractivity contribution in [3.05, 3.63) is 17.7 Å². The van der Waals surface area contributed by atoms with E-state index in [0.717, 1.165) is 24.7 Å². The van der Waals surface area contributed by atoms with Crippen LogP contribution < -0.4 is 0 Å². The maximum Gasteiger partial charge on any atom is 0.176 e. The molecule has 1 aromatic heterocycles. The summed E-state index contributed by atoms with van der Waals surface area (Å²) in [5, 5.41) is 18.7. The summed E-state index contributed by atoms with van der Waals surface area (Å²) in [5.74, 6) is 0.596. The minimum atomic E-state index is 0.218. The number of halogens is 1. The molecule has 0 saturated heterocycles. The number of aryl methyl sites for hydroxylation is 1. The Hall–Kier alpha value is -1.33. The normalized spacial score (nSPS) is 11.8. The van der Waals surface area contributed by atoms with E-state index in [2.05, 4.69) is 27.8 Å². The number of nitrogens with zero attached hydrogens (tertiary/aromatic N) is 4. The molecule has 1 heterocycles. The summed E-state index contributed by atoms with van der Waals surface area (Å²) in [6.45, 7) is 2.92. The lowest BCUT2D eigenvalue weighted by atomic mass is 10.1. The van der Waals surface area contributed by atoms with Crippen LogP contribution in [0, 0.1) is 28.6 Å². The van der Waals surface area contributed by atoms with Gasteiger partial charge in [0, 0.05) is 11.9 Å². The molecule has 1 aromatic rings. The van der Waals surface area contributed by atoms with Crippen molar-refractivity contribution in [1.29, 1.82) is 10.5 Å². The second kappa shape index (κ2) is 6.30. The van der Waals surface area contributed by atoms with E-state index in [1.54, 1.807) is 10.9 Å². The van der Waals surface area contributed by atoms with Crippen LogP contribution in [0.1, 0.15) is 31.2 Å². The lowest BCUT2D eigenvalue weighted by molar-refractivity contribution is 0.470. The fourth-order valence-corrected chi connectivity index (χ4v) is 2.22. The number of nitriles is 2. The van der Waals surface area contributed by atoms with Gasteiger partial charge in [-0.3, -0.25) is 0 Å². The smallest absolute Gasteiger partial charge is 0.176 e. The number of hydrogen-bond donors (Lipinski definition) is 0. The van der Waals surface area contributed by atoms with E-state index >= 15 is 0 Å². The van der Waals surface area contributed by atoms with Gasteiger partial charge in [0.1, 0.15) is 12.1 Å². The Bertz CT molecular complexity index is 424. The number of alkyl halides is 1. The van der Waals surface area contributed by atoms with E-state index < -0.39 is 0 Å². The molecule has 0 aliphatic rings. The Morgan fingerprint density at radius 2 is 2.19 bits per heavy atom. The molecular formula is C11H13BrN4. The van der Waals surface area contributed by atoms with Crippen LogP contribution in [-0.2, 0) is 6.54 Å². The third kappa shape index (κ3) is 3.08. The molecule has 16 heavy (non-hydrogen) atoms. The summed E-state index contributed by atoms with van der Waals surface area (Å²) in [7, 11) is 0. The third-order valence-corrected chi connectivity index (χ3v) is 2.97. The number of hydrogen-bond acceptors (Lipinski definition) is 3. The second-order valence-corrected chi connectivity index (χ2v) is 4.52. The average molecular weight is 281 g/mol. The fourth-order valence-electron chi connectivity index (χ4n) is 1.44. The average Bonchev–Trinajstić information content (AvgIpc) is 2.68. The van der Waals surface area contributed by atoms with Gasteiger partial charge in [0.05, 0.1) is 6.33 Å². The van der Waals surface area contributed by atoms with Crippen molar-refractivity contribution in [2.45, 2.75) is 26.3 Å². The molecule has 5 heteroatoms. The molecule has 0 N–H and O–H groups in total. The summed E-state index contributed by atoms with van der Waals surface area (Å²) in [4.78, 5) is 3.90. The van der Waals surface area contributed by atoms with Gasteiger partial charge in [-0.2, -0.15) is 10.5 Å². The van der Waals surface area contributed by atoms with E-state index in [-0.39, 0.29) is 5.69 Å². The van der Waals surface area contributed by atoms with Gasteiger partial charge < -0.3 is 4.57 Å². The van der Waals surface area contributed by atoms with E-state index in [1.807, 2.05) is 12.1 Å². The zero-order chi connectivity index (χ0) is 12.0. The molecule has 0 aromatic carbocycles. The Morgan fingerprint density at radius 1 is 1.44 bits per heavy atom. The van der Waals surface area contributed by atoms with Crippen LogP contribution in [0.2, 0.25) is 0 Å². The SMILES string of the molecule is CC(CCBr)CCn1cnc(C#N)c1C#N. The maximum atomic E-state index is 8.92. The summed E-state index contributed by atoms with van der Waals surface area (Å²) < 4.78 is 1.75. The molecule has 0 fully saturated rings. The minimum absolute atomic E-state index is 0.218. The van der Waals surface area contributed by atoms with E-state index in [1.165, 1.54) is 0 Å². The monoisotopic (exact) mass is 280 g/mol. The number of imidazole rings is 1. The molecule has 1 atom stereocenters. The zero-order valence-corrected chi connectivity index (χ0v) is 10.7. The molecule has 0 radical (unpaired) electrons. The molecule has 0 saturated carbocycles. The molecule has 0 aliphatic carbocycles. The lowest BCUT2D eigenvalue weighted by Crippen LogP contribution is -2.05. The minimum Gasteiger partial charge on any atom is -0.321 e. The summed E-state index contributed by atoms with van der Waals surface area (Å²) in [6.07, 6.45) is 3.67. The highest BCUT2D eigenvalue weighted by Gasteiger charge is 2.10. The van der Waals surface area contributed by atoms with Crippen molar-refractivity contribution in [1.82, 2.24) is 9.55 Å². The summed E-state index contributed by atoms with van der Waals surface area (Å²) in [5.41, 5.74) is 0.587. The van der Waals surface area contributed by atoms with Crippen molar-refractivity contribution in [2.24, 2.45) is 5.92 Å². The molecule has 0 amide bonds. The first-order valence-electron chi connectivity index (χ1n) is 5.14. The first-order valence-corrected chi connectivity index (χ1v) is 6.26. The van der Waals surface area contributed by atoms with Gasteiger partial charge in [-0.05, 0) is 18.8 Å². The Kier molecular flexibility index (Phi) is 5.01. The van der Waals surface area contributed by atoms with E-state index in [4.69, 9.17) is 10.5 Å². The van der Waals surface area contributed by atoms with Crippen LogP contribution in [0.5, 0.6) is 0 Å². The molecule has 1 rings (SSSR count). The lowest BCUT2D eigenvalue weighted by Gasteiger charge is -2.09. The first kappa shape index (κ1) is 12.7. The van der Waals surface area contributed by atoms with Gasteiger partial charge in [-0.25, -0.2) is 4.98 Å². The topological polar surface area (TPSA) is 65.4 Å². The van der Waals surface area contributed by atoms with E-state index in [9.17, 15) is 0 Å². The Morgan fingerprint density at radius 3 is 2.75 bits per heavy atom. The van der Waals surface area contributed by atoms with E-state index in [0.29, 0.717) is 11.6 Å². The van der Waals surface area contributed by atoms with Crippen LogP contribution >= 0.6 is 15.9 Å². The van der Waals surface area contributed by atoms with Crippen LogP contribution in [0.25, 0.3) is 0 Å². The van der Waals surface area contributed by atoms with Gasteiger partial charge in [0.25, 0.3) is 0 Å². The van der Waals surface area contributed by atoms with Gasteiger partial charge >= 0.3 is 0 Å². The highest BCUT2D eigenvalue weighted by atomic mass is 79.9. The highest BCUT2D eigenvalue weighted by molar-refractivity contribution is 9.09. The predicted molar refractivity (Wildman–Crippen MR) is 63.8 cm³/mol. The summed E-state index contributed by atoms with van der Waals surface area (Å²) >= 11 is 3.41. The molecule has 0 spiro atoms. The fraction of sp³-hybridized carbons (Fsp3) is 0.545. The van der Waals surface area contributed by atoms with Gasteiger partial charge in [-0.15, -0.1) is 0 Å². The number of aromatic nitrogens is 2. The third-order valence-electron chi connectivity index (χ3n) is 2.51. The molecule has 0 bridgehead atoms. The molecule has 4 nitrogen and oxygen atoms in total. The van der Waals surface area contributed by atoms with Crippen LogP contribution in [0.3, 0.4) is 0 Å². The van der Waals surface area contributed by atoms with Crippen molar-refractivity contribution in [3.63, 3.8) is 0 Å². The van der Waals surface area contributed by atoms with Gasteiger partial charge in [0.15, 0.2) is 11.4 Å². The predicted octanol–water partition coefficient (Wildman–Crippen LogP) is 2.44. The molecule has 1 unspecified atom stereocenters. The van der Waals surface area contributed by atoms with Crippen molar-refractivity contribution >= 4 is 15.9 Å². The second-order valence-electron chi connectivity index (χ2n) is 3.73. The maximum absolute atomic E-state index is 8.92. The quantitative estimate of drug-likeness (QED) is 0.778. The van der Waals surface area contributed by atoms with Crippen LogP contribution in [0.4, 0.5) is 0 Å². The van der Waals surface area contributed by atoms with Gasteiger partial charge in [-0.1, -0.05) is 22.9 Å². The van der Waals surface area contributed by atoms with Crippen LogP contribution in [-0.4, -0.2) is 14.9 Å². The first-order chi connectivity index (χ1) is 7.72. The zero-order valence-electron chi connectivity index (χ0n) is 9.15. The Balaban J connectivity index is 2.65. The molecule has 0 aliphatic heterocycles. The van der Waals surface area contributed by atoms with Gasteiger partial charge in [0.2, 0.25) is 0 Å². The largest absolute Gasteiger partial charge is 0.321 e. The highest BCUT2D eigenvalue weighted by Crippen LogP contribution is 2.13. The summed E-state index contributed by atoms with van der Waals surface area (Å²) in [6, 6.07) is 3.94. The standard InChI is InChI=1S/C11H13BrN4/c1-9(2-4-12)3-5-16-8-15-10(6-13)11(16)7-14/h8-9H,2-5H2,1H3. The van der Waals surface area contributed by atoms with Crippen molar-refractivity contribution < 1.29 is 0 Å². The van der Waals surface area contributed by atoms with Crippen LogP contribution in [0.15, 0.2) is 6.33 Å². The van der Waals surface area contributed by atoms with Crippen molar-refractivity contribution in [2.75, 3.05) is 5.33 Å². The Labute approximate surface area is 104 Å². The molecular weight excluding hydrogens is 268 g/mol. The number of rotatable bonds is 5.